The van der Waals surface area contributed by atoms with Crippen LogP contribution in [0.15, 0.2) is 53.5 Å². The maximum Gasteiger partial charge on any atom is 0.330 e. The van der Waals surface area contributed by atoms with Crippen molar-refractivity contribution >= 4 is 56.0 Å². The summed E-state index contributed by atoms with van der Waals surface area (Å²) < 4.78 is 42.0. The highest BCUT2D eigenvalue weighted by molar-refractivity contribution is 6.03. The number of piperazine rings is 1. The van der Waals surface area contributed by atoms with Crippen molar-refractivity contribution in [2.45, 2.75) is 122 Å². The van der Waals surface area contributed by atoms with E-state index in [1.54, 1.807) is 15.3 Å². The first-order valence-corrected chi connectivity index (χ1v) is 28.5. The molecule has 3 aromatic heterocycles. The number of hydrogen-bond acceptors (Lipinski definition) is 13. The fraction of sp³-hybridized carbons (Fsp3) is 0.533. The summed E-state index contributed by atoms with van der Waals surface area (Å²) in [4.78, 5) is 62.5. The van der Waals surface area contributed by atoms with Gasteiger partial charge in [-0.25, -0.2) is 13.6 Å². The number of amides is 2. The molecule has 2 amide bonds. The number of halogens is 2. The highest BCUT2D eigenvalue weighted by Gasteiger charge is 2.36. The lowest BCUT2D eigenvalue weighted by atomic mass is 9.82. The number of likely N-dealkylation sites (tertiary alicyclic amines) is 2. The molecule has 6 aromatic rings. The molecule has 0 saturated carbocycles. The summed E-state index contributed by atoms with van der Waals surface area (Å²) in [5.74, 6) is 2.89. The van der Waals surface area contributed by atoms with E-state index in [-0.39, 0.29) is 69.6 Å². The third kappa shape index (κ3) is 10.1. The molecule has 2 bridgehead atoms. The van der Waals surface area contributed by atoms with Gasteiger partial charge < -0.3 is 29.9 Å². The number of imidazole rings is 1. The number of piperidine rings is 4. The van der Waals surface area contributed by atoms with E-state index < -0.39 is 23.6 Å². The van der Waals surface area contributed by atoms with Crippen molar-refractivity contribution in [3.05, 3.63) is 76.3 Å². The molecule has 3 unspecified atom stereocenters. The molecule has 16 nitrogen and oxygen atoms in total. The Labute approximate surface area is 453 Å². The van der Waals surface area contributed by atoms with Gasteiger partial charge in [0, 0.05) is 86.1 Å². The van der Waals surface area contributed by atoms with E-state index in [4.69, 9.17) is 21.1 Å². The second-order valence-electron chi connectivity index (χ2n) is 23.5. The number of phenols is 1. The van der Waals surface area contributed by atoms with Gasteiger partial charge in [0.05, 0.1) is 22.0 Å². The van der Waals surface area contributed by atoms with Crippen molar-refractivity contribution in [1.29, 1.82) is 0 Å². The van der Waals surface area contributed by atoms with E-state index in [0.717, 1.165) is 107 Å². The van der Waals surface area contributed by atoms with Gasteiger partial charge in [-0.15, -0.1) is 6.42 Å². The van der Waals surface area contributed by atoms with Gasteiger partial charge in [-0.05, 0) is 171 Å². The first-order chi connectivity index (χ1) is 37.8. The maximum absolute atomic E-state index is 17.1. The molecule has 0 aliphatic carbocycles. The number of imide groups is 1. The number of aromatic nitrogens is 5. The number of nitrogens with one attached hydrogen (secondary N) is 2. The Balaban J connectivity index is 0.637. The Morgan fingerprint density at radius 2 is 1.54 bits per heavy atom. The lowest BCUT2D eigenvalue weighted by Crippen LogP contribution is -2.51. The van der Waals surface area contributed by atoms with Crippen molar-refractivity contribution in [1.82, 2.24) is 44.5 Å². The van der Waals surface area contributed by atoms with Crippen LogP contribution in [0.3, 0.4) is 0 Å². The molecular formula is C60H71F2N11O5. The van der Waals surface area contributed by atoms with Crippen LogP contribution in [-0.2, 0) is 9.59 Å². The number of pyridine rings is 1. The number of benzene rings is 3. The molecule has 6 fully saturated rings. The normalized spacial score (nSPS) is 22.8. The van der Waals surface area contributed by atoms with Gasteiger partial charge >= 0.3 is 11.7 Å². The van der Waals surface area contributed by atoms with E-state index in [0.29, 0.717) is 66.6 Å². The number of carbonyl (C=O) groups excluding carboxylic acids is 2. The van der Waals surface area contributed by atoms with Gasteiger partial charge in [-0.2, -0.15) is 9.97 Å². The van der Waals surface area contributed by atoms with Crippen LogP contribution in [0.2, 0.25) is 0 Å². The molecular weight excluding hydrogens is 993 g/mol. The third-order valence-corrected chi connectivity index (χ3v) is 18.1. The minimum atomic E-state index is -0.729. The molecule has 18 heteroatoms. The average molecular weight is 1060 g/mol. The number of anilines is 2. The number of terminal acetylenes is 1. The summed E-state index contributed by atoms with van der Waals surface area (Å²) >= 11 is 0. The summed E-state index contributed by atoms with van der Waals surface area (Å²) in [7, 11) is 0. The molecule has 3 N–H and O–H groups in total. The average Bonchev–Trinajstić information content (AvgIpc) is 4.14. The SMILES string of the molecule is C#Cc1c(F)ccc2cc(O)cc(-c3ncc4c(N5CC6CCC(C5)N6)nc(OC[C@@H](C)N5CCC(CC6CCN(CC7CCN(c8ccc9c(c8)n(C(C)C)c(=O)n9C8CCC(=O)NC8=O)CC7)CC6)CC5)nc4c3F)c12. The van der Waals surface area contributed by atoms with Crippen LogP contribution < -0.4 is 30.9 Å². The van der Waals surface area contributed by atoms with E-state index >= 15 is 8.78 Å². The number of phenolic OH excluding ortho intramolecular Hbond substituents is 1. The molecule has 0 spiro atoms. The summed E-state index contributed by atoms with van der Waals surface area (Å²) in [6.07, 6.45) is 18.3. The number of carbonyl (C=O) groups is 2. The Kier molecular flexibility index (Phi) is 14.4. The molecule has 0 radical (unpaired) electrons. The molecule has 3 aromatic carbocycles. The molecule has 9 heterocycles. The van der Waals surface area contributed by atoms with Gasteiger partial charge in [0.2, 0.25) is 11.8 Å². The summed E-state index contributed by atoms with van der Waals surface area (Å²) in [6, 6.07) is 11.7. The smallest absolute Gasteiger partial charge is 0.330 e. The third-order valence-electron chi connectivity index (χ3n) is 18.1. The molecule has 6 aliphatic heterocycles. The quantitative estimate of drug-likeness (QED) is 0.0755. The Morgan fingerprint density at radius 3 is 2.24 bits per heavy atom. The Bertz CT molecular complexity index is 3370. The minimum absolute atomic E-state index is 0.0358. The highest BCUT2D eigenvalue weighted by Crippen LogP contribution is 2.40. The number of ether oxygens (including phenoxy) is 1. The van der Waals surface area contributed by atoms with Gasteiger partial charge in [0.25, 0.3) is 0 Å². The fourth-order valence-corrected chi connectivity index (χ4v) is 13.9. The highest BCUT2D eigenvalue weighted by atomic mass is 19.1. The zero-order chi connectivity index (χ0) is 53.9. The van der Waals surface area contributed by atoms with Crippen molar-refractivity contribution in [2.24, 2.45) is 17.8 Å². The number of fused-ring (bicyclic) bond motifs is 5. The number of aromatic hydroxyl groups is 1. The summed E-state index contributed by atoms with van der Waals surface area (Å²) in [5.41, 5.74) is 2.51. The van der Waals surface area contributed by atoms with Crippen LogP contribution >= 0.6 is 0 Å². The van der Waals surface area contributed by atoms with E-state index in [1.807, 2.05) is 19.9 Å². The standard InChI is InChI=1S/C60H71F2N11O5/c1-5-45-48(61)10-6-40-27-44(74)29-46(53(40)45)55-54(62)56-47(30-63-55)57(71-32-41-7-8-42(33-71)64-41)67-59(66-56)78-34-36(4)69-22-16-38(17-23-69)26-37-14-20-68(21-15-37)31-39-18-24-70(25-19-39)43-9-11-49-51(28-43)72(35(2)3)60(77)73(49)50-12-13-52(75)65-58(50)76/h1,6,9-11,27-30,35-39,41-42,50,64,74H,7-8,12-26,31-34H2,2-4H3,(H,65,75,76)/t36-,41?,42?,50?/m1/s1. The van der Waals surface area contributed by atoms with Crippen molar-refractivity contribution in [2.75, 3.05) is 75.3 Å². The van der Waals surface area contributed by atoms with Crippen LogP contribution in [0.4, 0.5) is 20.3 Å². The van der Waals surface area contributed by atoms with Crippen LogP contribution in [0, 0.1) is 41.7 Å². The van der Waals surface area contributed by atoms with Gasteiger partial charge in [0.1, 0.15) is 41.2 Å². The minimum Gasteiger partial charge on any atom is -0.508 e. The van der Waals surface area contributed by atoms with Crippen LogP contribution in [0.1, 0.15) is 109 Å². The Morgan fingerprint density at radius 1 is 0.821 bits per heavy atom. The summed E-state index contributed by atoms with van der Waals surface area (Å²) in [5, 5.41) is 18.0. The van der Waals surface area contributed by atoms with Crippen LogP contribution in [0.25, 0.3) is 44.0 Å². The second-order valence-corrected chi connectivity index (χ2v) is 23.5. The zero-order valence-electron chi connectivity index (χ0n) is 45.0. The first-order valence-electron chi connectivity index (χ1n) is 28.5. The lowest BCUT2D eigenvalue weighted by Gasteiger charge is -2.40. The molecule has 6 saturated heterocycles. The molecule has 4 atom stereocenters. The topological polar surface area (TPSA) is 166 Å². The predicted octanol–water partition coefficient (Wildman–Crippen LogP) is 7.92. The first kappa shape index (κ1) is 52.0. The maximum atomic E-state index is 17.1. The number of rotatable bonds is 13. The van der Waals surface area contributed by atoms with Gasteiger partial charge in [-0.1, -0.05) is 12.0 Å². The van der Waals surface area contributed by atoms with E-state index in [9.17, 15) is 19.5 Å². The van der Waals surface area contributed by atoms with E-state index in [1.165, 1.54) is 43.5 Å². The zero-order valence-corrected chi connectivity index (χ0v) is 45.0. The van der Waals surface area contributed by atoms with Gasteiger partial charge in [-0.3, -0.25) is 33.9 Å². The summed E-state index contributed by atoms with van der Waals surface area (Å²) in [6.45, 7) is 15.3. The fourth-order valence-electron chi connectivity index (χ4n) is 13.9. The largest absolute Gasteiger partial charge is 0.508 e. The van der Waals surface area contributed by atoms with Crippen molar-refractivity contribution < 1.29 is 28.2 Å². The molecule has 12 rings (SSSR count). The van der Waals surface area contributed by atoms with Crippen molar-refractivity contribution in [3.8, 4) is 35.4 Å². The monoisotopic (exact) mass is 1060 g/mol. The molecule has 78 heavy (non-hydrogen) atoms. The van der Waals surface area contributed by atoms with Crippen LogP contribution in [-0.4, -0.2) is 134 Å². The number of nitrogens with zero attached hydrogens (tertiary/aromatic N) is 9. The lowest BCUT2D eigenvalue weighted by molar-refractivity contribution is -0.135. The predicted molar refractivity (Wildman–Crippen MR) is 298 cm³/mol. The Hall–Kier alpha value is -6.68. The molecule has 410 valence electrons. The van der Waals surface area contributed by atoms with Crippen LogP contribution in [0.5, 0.6) is 11.8 Å². The van der Waals surface area contributed by atoms with Gasteiger partial charge in [0.15, 0.2) is 5.82 Å². The molecule has 6 aliphatic rings. The number of hydrogen-bond donors (Lipinski definition) is 3. The van der Waals surface area contributed by atoms with Crippen molar-refractivity contribution in [3.63, 3.8) is 0 Å². The second kappa shape index (κ2) is 21.5. The van der Waals surface area contributed by atoms with E-state index in [2.05, 4.69) is 60.2 Å².